The van der Waals surface area contributed by atoms with Gasteiger partial charge in [0, 0.05) is 12.8 Å². The van der Waals surface area contributed by atoms with E-state index < -0.39 is 0 Å². The van der Waals surface area contributed by atoms with Crippen LogP contribution in [0, 0.1) is 6.92 Å². The van der Waals surface area contributed by atoms with Crippen LogP contribution in [0.1, 0.15) is 17.4 Å². The highest BCUT2D eigenvalue weighted by Gasteiger charge is 2.18. The van der Waals surface area contributed by atoms with Crippen molar-refractivity contribution in [3.63, 3.8) is 0 Å². The minimum atomic E-state index is -0.133. The molecule has 0 saturated heterocycles. The lowest BCUT2D eigenvalue weighted by Gasteiger charge is -2.22. The summed E-state index contributed by atoms with van der Waals surface area (Å²) in [5, 5.41) is 0.555. The Morgan fingerprint density at radius 3 is 2.62 bits per heavy atom. The normalized spacial score (nSPS) is 12.3. The predicted octanol–water partition coefficient (Wildman–Crippen LogP) is 2.65. The molecule has 0 aliphatic rings. The molecule has 0 aliphatic heterocycles. The van der Waals surface area contributed by atoms with Gasteiger partial charge in [0.1, 0.15) is 5.82 Å². The second-order valence-electron chi connectivity index (χ2n) is 6.45. The molecule has 5 nitrogen and oxygen atoms in total. The quantitative estimate of drug-likeness (QED) is 0.644. The van der Waals surface area contributed by atoms with Crippen LogP contribution >= 0.6 is 0 Å². The van der Waals surface area contributed by atoms with E-state index in [0.717, 1.165) is 11.3 Å². The fraction of sp³-hybridized carbons (Fsp3) is 0.300. The number of hydrogen-bond donors (Lipinski definition) is 0. The molecule has 1 atom stereocenters. The van der Waals surface area contributed by atoms with Gasteiger partial charge in [-0.25, -0.2) is 4.98 Å². The smallest absolute Gasteiger partial charge is 0.261 e. The number of benzene rings is 2. The second-order valence-corrected chi connectivity index (χ2v) is 6.45. The standard InChI is InChI=1S/C20H22BN3O2/c1-14-22-19-10-9-16(23(2)21)12-18(19)20(25)24(14)17(13-26-3)11-15-7-5-4-6-8-15/h4-10,12,17H,11,13H2,1-3H3/t17-/m0/s1. The maximum Gasteiger partial charge on any atom is 0.261 e. The summed E-state index contributed by atoms with van der Waals surface area (Å²) in [6.07, 6.45) is 0.694. The first kappa shape index (κ1) is 18.2. The van der Waals surface area contributed by atoms with Crippen molar-refractivity contribution in [1.82, 2.24) is 9.55 Å². The lowest BCUT2D eigenvalue weighted by molar-refractivity contribution is 0.152. The molecule has 1 heterocycles. The number of anilines is 1. The maximum atomic E-state index is 13.2. The molecule has 0 saturated carbocycles. The van der Waals surface area contributed by atoms with E-state index in [1.807, 2.05) is 37.3 Å². The van der Waals surface area contributed by atoms with Crippen molar-refractivity contribution in [2.75, 3.05) is 25.6 Å². The van der Waals surface area contributed by atoms with Crippen molar-refractivity contribution < 1.29 is 4.74 Å². The van der Waals surface area contributed by atoms with E-state index in [4.69, 9.17) is 12.7 Å². The number of rotatable bonds is 6. The van der Waals surface area contributed by atoms with Gasteiger partial charge in [-0.1, -0.05) is 30.3 Å². The molecule has 132 valence electrons. The molecule has 3 aromatic rings. The van der Waals surface area contributed by atoms with Crippen LogP contribution in [-0.2, 0) is 11.2 Å². The number of nitrogens with zero attached hydrogens (tertiary/aromatic N) is 3. The summed E-state index contributed by atoms with van der Waals surface area (Å²) in [6.45, 7) is 2.29. The number of aromatic nitrogens is 2. The highest BCUT2D eigenvalue weighted by molar-refractivity contribution is 6.17. The van der Waals surface area contributed by atoms with Crippen LogP contribution in [0.4, 0.5) is 5.69 Å². The van der Waals surface area contributed by atoms with Crippen molar-refractivity contribution >= 4 is 24.6 Å². The zero-order valence-electron chi connectivity index (χ0n) is 15.3. The maximum absolute atomic E-state index is 13.2. The molecule has 6 heteroatoms. The molecule has 3 rings (SSSR count). The first-order valence-corrected chi connectivity index (χ1v) is 8.55. The minimum absolute atomic E-state index is 0.0748. The fourth-order valence-corrected chi connectivity index (χ4v) is 3.25. The number of methoxy groups -OCH3 is 1. The van der Waals surface area contributed by atoms with Crippen LogP contribution in [0.2, 0.25) is 0 Å². The largest absolute Gasteiger partial charge is 0.427 e. The Morgan fingerprint density at radius 1 is 1.23 bits per heavy atom. The average Bonchev–Trinajstić information content (AvgIpc) is 2.62. The highest BCUT2D eigenvalue weighted by Crippen LogP contribution is 2.20. The number of hydrogen-bond acceptors (Lipinski definition) is 4. The van der Waals surface area contributed by atoms with Crippen LogP contribution in [0.25, 0.3) is 10.9 Å². The zero-order valence-corrected chi connectivity index (χ0v) is 15.3. The lowest BCUT2D eigenvalue weighted by atomic mass is 10.1. The molecular formula is C20H22BN3O2. The van der Waals surface area contributed by atoms with Gasteiger partial charge in [-0.05, 0) is 44.2 Å². The SMILES string of the molecule is [B]N(C)c1ccc2nc(C)n([C@H](COC)Cc3ccccc3)c(=O)c2c1. The van der Waals surface area contributed by atoms with Crippen LogP contribution in [0.5, 0.6) is 0 Å². The van der Waals surface area contributed by atoms with Gasteiger partial charge in [0.25, 0.3) is 5.56 Å². The van der Waals surface area contributed by atoms with E-state index in [9.17, 15) is 4.79 Å². The molecule has 0 bridgehead atoms. The molecule has 0 N–H and O–H groups in total. The number of ether oxygens (including phenoxy) is 1. The van der Waals surface area contributed by atoms with Crippen molar-refractivity contribution in [2.24, 2.45) is 0 Å². The Labute approximate surface area is 154 Å². The lowest BCUT2D eigenvalue weighted by Crippen LogP contribution is -2.32. The summed E-state index contributed by atoms with van der Waals surface area (Å²) in [5.74, 6) is 0.675. The molecule has 1 aromatic heterocycles. The van der Waals surface area contributed by atoms with E-state index in [-0.39, 0.29) is 11.6 Å². The van der Waals surface area contributed by atoms with Gasteiger partial charge in [-0.15, -0.1) is 0 Å². The van der Waals surface area contributed by atoms with Crippen LogP contribution in [-0.4, -0.2) is 38.3 Å². The van der Waals surface area contributed by atoms with Crippen molar-refractivity contribution in [3.8, 4) is 0 Å². The Kier molecular flexibility index (Phi) is 5.42. The van der Waals surface area contributed by atoms with Gasteiger partial charge < -0.3 is 9.55 Å². The molecule has 2 radical (unpaired) electrons. The van der Waals surface area contributed by atoms with E-state index in [1.165, 1.54) is 4.81 Å². The van der Waals surface area contributed by atoms with Crippen LogP contribution in [0.3, 0.4) is 0 Å². The average molecular weight is 347 g/mol. The second kappa shape index (κ2) is 7.75. The summed E-state index contributed by atoms with van der Waals surface area (Å²) in [5.41, 5.74) is 2.51. The third kappa shape index (κ3) is 3.65. The van der Waals surface area contributed by atoms with E-state index in [0.29, 0.717) is 29.8 Å². The predicted molar refractivity (Wildman–Crippen MR) is 106 cm³/mol. The minimum Gasteiger partial charge on any atom is -0.427 e. The number of aryl methyl sites for hydroxylation is 1. The molecule has 0 unspecified atom stereocenters. The third-order valence-corrected chi connectivity index (χ3v) is 4.51. The van der Waals surface area contributed by atoms with E-state index in [1.54, 1.807) is 24.8 Å². The fourth-order valence-electron chi connectivity index (χ4n) is 3.25. The van der Waals surface area contributed by atoms with Gasteiger partial charge in [0.2, 0.25) is 7.98 Å². The Bertz CT molecular complexity index is 954. The molecule has 0 amide bonds. The Morgan fingerprint density at radius 2 is 1.96 bits per heavy atom. The first-order chi connectivity index (χ1) is 12.5. The van der Waals surface area contributed by atoms with Gasteiger partial charge in [-0.3, -0.25) is 9.36 Å². The summed E-state index contributed by atoms with van der Waals surface area (Å²) in [6, 6.07) is 15.4. The monoisotopic (exact) mass is 347 g/mol. The van der Waals surface area contributed by atoms with Crippen LogP contribution in [0.15, 0.2) is 53.3 Å². The van der Waals surface area contributed by atoms with Gasteiger partial charge in [0.05, 0.1) is 23.6 Å². The first-order valence-electron chi connectivity index (χ1n) is 8.55. The van der Waals surface area contributed by atoms with Gasteiger partial charge >= 0.3 is 0 Å². The van der Waals surface area contributed by atoms with Crippen molar-refractivity contribution in [1.29, 1.82) is 0 Å². The summed E-state index contributed by atoms with van der Waals surface area (Å²) in [4.78, 5) is 19.4. The Hall–Kier alpha value is -2.60. The van der Waals surface area contributed by atoms with E-state index in [2.05, 4.69) is 17.1 Å². The molecule has 0 aliphatic carbocycles. The third-order valence-electron chi connectivity index (χ3n) is 4.51. The molecule has 0 fully saturated rings. The molecule has 0 spiro atoms. The molecular weight excluding hydrogens is 325 g/mol. The van der Waals surface area contributed by atoms with E-state index >= 15 is 0 Å². The number of fused-ring (bicyclic) bond motifs is 1. The highest BCUT2D eigenvalue weighted by atomic mass is 16.5. The topological polar surface area (TPSA) is 47.4 Å². The van der Waals surface area contributed by atoms with Crippen LogP contribution < -0.4 is 10.4 Å². The summed E-state index contributed by atoms with van der Waals surface area (Å²) in [7, 11) is 9.20. The van der Waals surface area contributed by atoms with Crippen molar-refractivity contribution in [2.45, 2.75) is 19.4 Å². The van der Waals surface area contributed by atoms with Gasteiger partial charge in [0.15, 0.2) is 0 Å². The van der Waals surface area contributed by atoms with Gasteiger partial charge in [-0.2, -0.15) is 0 Å². The molecule has 2 aromatic carbocycles. The zero-order chi connectivity index (χ0) is 18.7. The molecule has 26 heavy (non-hydrogen) atoms. The summed E-state index contributed by atoms with van der Waals surface area (Å²) >= 11 is 0. The summed E-state index contributed by atoms with van der Waals surface area (Å²) < 4.78 is 7.13. The van der Waals surface area contributed by atoms with Crippen molar-refractivity contribution in [3.05, 3.63) is 70.3 Å². The Balaban J connectivity index is 2.12.